The summed E-state index contributed by atoms with van der Waals surface area (Å²) in [6.45, 7) is 1.95. The third kappa shape index (κ3) is 4.96. The number of thioether (sulfide) groups is 1. The molecule has 0 unspecified atom stereocenters. The first-order valence-electron chi connectivity index (χ1n) is 8.06. The Bertz CT molecular complexity index is 937. The highest BCUT2D eigenvalue weighted by Crippen LogP contribution is 2.36. The number of benzene rings is 2. The normalized spacial score (nSPS) is 11.7. The number of rotatable bonds is 8. The smallest absolute Gasteiger partial charge is 0.309 e. The Kier molecular flexibility index (Phi) is 5.98. The highest BCUT2D eigenvalue weighted by Gasteiger charge is 2.16. The number of hydrogen-bond donors (Lipinski definition) is 0. The number of unbranched alkanes of at least 4 members (excludes halogenated alkanes) is 1. The standard InChI is InChI=1S/C18H19NO3S3/c1-2-3-12-25(20,21)22-15-10-7-11-16-17(15)19-18(24-16)23-13-14-8-5-4-6-9-14/h4-11H,2-3,12-13H2,1H3. The summed E-state index contributed by atoms with van der Waals surface area (Å²) in [7, 11) is -3.58. The van der Waals surface area contributed by atoms with Gasteiger partial charge in [0.1, 0.15) is 5.52 Å². The predicted molar refractivity (Wildman–Crippen MR) is 105 cm³/mol. The zero-order valence-electron chi connectivity index (χ0n) is 13.8. The molecule has 3 aromatic rings. The predicted octanol–water partition coefficient (Wildman–Crippen LogP) is 5.10. The molecule has 0 amide bonds. The van der Waals surface area contributed by atoms with Gasteiger partial charge in [0.2, 0.25) is 0 Å². The van der Waals surface area contributed by atoms with Crippen LogP contribution in [0.4, 0.5) is 0 Å². The van der Waals surface area contributed by atoms with Gasteiger partial charge in [-0.05, 0) is 24.1 Å². The van der Waals surface area contributed by atoms with Crippen molar-refractivity contribution in [3.8, 4) is 5.75 Å². The Morgan fingerprint density at radius 1 is 1.12 bits per heavy atom. The molecule has 4 nitrogen and oxygen atoms in total. The number of thiazole rings is 1. The monoisotopic (exact) mass is 393 g/mol. The van der Waals surface area contributed by atoms with E-state index in [4.69, 9.17) is 4.18 Å². The summed E-state index contributed by atoms with van der Waals surface area (Å²) in [6, 6.07) is 15.6. The summed E-state index contributed by atoms with van der Waals surface area (Å²) in [6.07, 6.45) is 1.40. The molecule has 0 saturated heterocycles. The molecule has 2 aromatic carbocycles. The Morgan fingerprint density at radius 3 is 2.68 bits per heavy atom. The first kappa shape index (κ1) is 18.2. The molecule has 0 aliphatic heterocycles. The topological polar surface area (TPSA) is 56.3 Å². The second-order valence-electron chi connectivity index (χ2n) is 5.56. The van der Waals surface area contributed by atoms with Crippen LogP contribution in [0.15, 0.2) is 52.9 Å². The van der Waals surface area contributed by atoms with E-state index < -0.39 is 10.1 Å². The highest BCUT2D eigenvalue weighted by molar-refractivity contribution is 8.00. The molecular weight excluding hydrogens is 374 g/mol. The number of hydrogen-bond acceptors (Lipinski definition) is 6. The molecule has 3 rings (SSSR count). The van der Waals surface area contributed by atoms with Gasteiger partial charge in [-0.15, -0.1) is 11.3 Å². The van der Waals surface area contributed by atoms with Gasteiger partial charge in [-0.25, -0.2) is 4.98 Å². The van der Waals surface area contributed by atoms with Gasteiger partial charge in [-0.3, -0.25) is 0 Å². The average Bonchev–Trinajstić information content (AvgIpc) is 3.03. The zero-order chi connectivity index (χ0) is 17.7. The third-order valence-corrected chi connectivity index (χ3v) is 6.99. The van der Waals surface area contributed by atoms with Crippen molar-refractivity contribution >= 4 is 43.4 Å². The summed E-state index contributed by atoms with van der Waals surface area (Å²) in [4.78, 5) is 4.58. The summed E-state index contributed by atoms with van der Waals surface area (Å²) < 4.78 is 31.3. The molecule has 0 saturated carbocycles. The van der Waals surface area contributed by atoms with Gasteiger partial charge in [0.15, 0.2) is 10.1 Å². The van der Waals surface area contributed by atoms with Crippen LogP contribution in [0.25, 0.3) is 10.2 Å². The summed E-state index contributed by atoms with van der Waals surface area (Å²) in [5.41, 5.74) is 1.84. The molecule has 0 N–H and O–H groups in total. The van der Waals surface area contributed by atoms with Crippen LogP contribution >= 0.6 is 23.1 Å². The minimum atomic E-state index is -3.58. The lowest BCUT2D eigenvalue weighted by Crippen LogP contribution is -2.13. The quantitative estimate of drug-likeness (QED) is 0.394. The van der Waals surface area contributed by atoms with Crippen LogP contribution in [0.5, 0.6) is 5.75 Å². The fourth-order valence-corrected chi connectivity index (χ4v) is 5.42. The van der Waals surface area contributed by atoms with Gasteiger partial charge >= 0.3 is 10.1 Å². The maximum Gasteiger partial charge on any atom is 0.309 e. The van der Waals surface area contributed by atoms with Crippen molar-refractivity contribution < 1.29 is 12.6 Å². The lowest BCUT2D eigenvalue weighted by Gasteiger charge is -2.06. The fraction of sp³-hybridized carbons (Fsp3) is 0.278. The second kappa shape index (κ2) is 8.21. The van der Waals surface area contributed by atoms with Crippen LogP contribution in [0, 0.1) is 0 Å². The van der Waals surface area contributed by atoms with E-state index in [1.54, 1.807) is 35.2 Å². The van der Waals surface area contributed by atoms with Crippen LogP contribution < -0.4 is 4.18 Å². The van der Waals surface area contributed by atoms with Gasteiger partial charge in [0.25, 0.3) is 0 Å². The van der Waals surface area contributed by atoms with Crippen molar-refractivity contribution in [1.29, 1.82) is 0 Å². The first-order chi connectivity index (χ1) is 12.1. The highest BCUT2D eigenvalue weighted by atomic mass is 32.2. The average molecular weight is 394 g/mol. The van der Waals surface area contributed by atoms with Gasteiger partial charge in [-0.1, -0.05) is 61.5 Å². The first-order valence-corrected chi connectivity index (χ1v) is 11.4. The van der Waals surface area contributed by atoms with Crippen molar-refractivity contribution in [2.45, 2.75) is 29.9 Å². The Balaban J connectivity index is 1.78. The Labute approximate surface area is 156 Å². The van der Waals surface area contributed by atoms with Gasteiger partial charge in [0.05, 0.1) is 10.5 Å². The molecule has 0 aliphatic carbocycles. The molecule has 0 radical (unpaired) electrons. The van der Waals surface area contributed by atoms with Gasteiger partial charge in [0, 0.05) is 5.75 Å². The van der Waals surface area contributed by atoms with Gasteiger partial charge < -0.3 is 4.18 Å². The molecule has 0 fully saturated rings. The maximum absolute atomic E-state index is 12.1. The minimum Gasteiger partial charge on any atom is -0.380 e. The van der Waals surface area contributed by atoms with E-state index >= 15 is 0 Å². The molecule has 0 spiro atoms. The molecule has 1 heterocycles. The van der Waals surface area contributed by atoms with Crippen molar-refractivity contribution in [1.82, 2.24) is 4.98 Å². The van der Waals surface area contributed by atoms with Crippen molar-refractivity contribution in [3.05, 3.63) is 54.1 Å². The van der Waals surface area contributed by atoms with Crippen LogP contribution in [-0.4, -0.2) is 19.2 Å². The summed E-state index contributed by atoms with van der Waals surface area (Å²) in [5, 5.41) is 0. The molecular formula is C18H19NO3S3. The number of aromatic nitrogens is 1. The Hall–Kier alpha value is -1.57. The summed E-state index contributed by atoms with van der Waals surface area (Å²) in [5.74, 6) is 1.17. The number of para-hydroxylation sites is 1. The molecule has 1 aromatic heterocycles. The molecule has 0 atom stereocenters. The van der Waals surface area contributed by atoms with Crippen molar-refractivity contribution in [2.75, 3.05) is 5.75 Å². The molecule has 0 aliphatic rings. The molecule has 7 heteroatoms. The number of fused-ring (bicyclic) bond motifs is 1. The molecule has 25 heavy (non-hydrogen) atoms. The lowest BCUT2D eigenvalue weighted by atomic mass is 10.2. The van der Waals surface area contributed by atoms with Crippen molar-refractivity contribution in [2.24, 2.45) is 0 Å². The zero-order valence-corrected chi connectivity index (χ0v) is 16.3. The largest absolute Gasteiger partial charge is 0.380 e. The van der Waals surface area contributed by atoms with E-state index in [0.29, 0.717) is 17.7 Å². The third-order valence-electron chi connectivity index (χ3n) is 3.53. The van der Waals surface area contributed by atoms with E-state index in [9.17, 15) is 8.42 Å². The van der Waals surface area contributed by atoms with Gasteiger partial charge in [-0.2, -0.15) is 8.42 Å². The van der Waals surface area contributed by atoms with E-state index in [-0.39, 0.29) is 5.75 Å². The second-order valence-corrected chi connectivity index (χ2v) is 9.50. The van der Waals surface area contributed by atoms with E-state index in [1.807, 2.05) is 31.2 Å². The van der Waals surface area contributed by atoms with E-state index in [0.717, 1.165) is 21.2 Å². The molecule has 0 bridgehead atoms. The van der Waals surface area contributed by atoms with E-state index in [1.165, 1.54) is 5.56 Å². The lowest BCUT2D eigenvalue weighted by molar-refractivity contribution is 0.486. The van der Waals surface area contributed by atoms with Crippen LogP contribution in [0.1, 0.15) is 25.3 Å². The fourth-order valence-electron chi connectivity index (χ4n) is 2.25. The van der Waals surface area contributed by atoms with Crippen LogP contribution in [0.3, 0.4) is 0 Å². The Morgan fingerprint density at radius 2 is 1.92 bits per heavy atom. The van der Waals surface area contributed by atoms with Crippen LogP contribution in [-0.2, 0) is 15.9 Å². The summed E-state index contributed by atoms with van der Waals surface area (Å²) >= 11 is 3.19. The van der Waals surface area contributed by atoms with Crippen LogP contribution in [0.2, 0.25) is 0 Å². The maximum atomic E-state index is 12.1. The number of nitrogens with zero attached hydrogens (tertiary/aromatic N) is 1. The minimum absolute atomic E-state index is 0.0274. The SMILES string of the molecule is CCCCS(=O)(=O)Oc1cccc2sc(SCc3ccccc3)nc12. The van der Waals surface area contributed by atoms with Crippen molar-refractivity contribution in [3.63, 3.8) is 0 Å². The van der Waals surface area contributed by atoms with E-state index in [2.05, 4.69) is 17.1 Å². The molecule has 132 valence electrons.